The van der Waals surface area contributed by atoms with E-state index >= 15 is 0 Å². The van der Waals surface area contributed by atoms with Crippen LogP contribution in [-0.4, -0.2) is 26.3 Å². The molecule has 3 aromatic heterocycles. The molecule has 128 valence electrons. The van der Waals surface area contributed by atoms with Crippen molar-refractivity contribution in [1.82, 2.24) is 14.6 Å². The SMILES string of the molecule is OCCC(Nc1nn2cc(-c3ccc(F)cc3)nc2s1)c1ccco1. The number of anilines is 1. The van der Waals surface area contributed by atoms with E-state index in [2.05, 4.69) is 15.4 Å². The van der Waals surface area contributed by atoms with E-state index in [1.165, 1.54) is 23.5 Å². The van der Waals surface area contributed by atoms with Gasteiger partial charge in [-0.15, -0.1) is 5.10 Å². The summed E-state index contributed by atoms with van der Waals surface area (Å²) in [6.45, 7) is 0.0373. The number of nitrogens with zero attached hydrogens (tertiary/aromatic N) is 3. The second kappa shape index (κ2) is 6.66. The Morgan fingerprint density at radius 1 is 1.28 bits per heavy atom. The van der Waals surface area contributed by atoms with E-state index < -0.39 is 0 Å². The van der Waals surface area contributed by atoms with Crippen LogP contribution >= 0.6 is 11.3 Å². The first-order valence-electron chi connectivity index (χ1n) is 7.76. The molecular weight excluding hydrogens is 343 g/mol. The highest BCUT2D eigenvalue weighted by Crippen LogP contribution is 2.28. The Morgan fingerprint density at radius 3 is 2.80 bits per heavy atom. The number of furan rings is 1. The molecule has 4 aromatic rings. The topological polar surface area (TPSA) is 75.6 Å². The molecule has 6 nitrogen and oxygen atoms in total. The number of halogens is 1. The van der Waals surface area contributed by atoms with Gasteiger partial charge in [-0.05, 0) is 42.8 Å². The van der Waals surface area contributed by atoms with Crippen molar-refractivity contribution < 1.29 is 13.9 Å². The van der Waals surface area contributed by atoms with Crippen molar-refractivity contribution in [3.63, 3.8) is 0 Å². The third-order valence-corrected chi connectivity index (χ3v) is 4.64. The molecule has 0 aliphatic rings. The summed E-state index contributed by atoms with van der Waals surface area (Å²) >= 11 is 1.40. The standard InChI is InChI=1S/C17H15FN4O2S/c18-12-5-3-11(4-6-12)14-10-22-17(20-14)25-16(21-22)19-13(7-8-23)15-2-1-9-24-15/h1-6,9-10,13,23H,7-8H2,(H,19,21). The van der Waals surface area contributed by atoms with E-state index in [9.17, 15) is 9.50 Å². The van der Waals surface area contributed by atoms with Gasteiger partial charge in [0.15, 0.2) is 0 Å². The number of imidazole rings is 1. The fourth-order valence-corrected chi connectivity index (χ4v) is 3.41. The second-order valence-electron chi connectivity index (χ2n) is 5.49. The smallest absolute Gasteiger partial charge is 0.214 e. The predicted octanol–water partition coefficient (Wildman–Crippen LogP) is 3.73. The van der Waals surface area contributed by atoms with Gasteiger partial charge in [-0.2, -0.15) is 0 Å². The summed E-state index contributed by atoms with van der Waals surface area (Å²) in [7, 11) is 0. The van der Waals surface area contributed by atoms with E-state index in [0.717, 1.165) is 22.0 Å². The molecule has 8 heteroatoms. The lowest BCUT2D eigenvalue weighted by Crippen LogP contribution is -2.11. The van der Waals surface area contributed by atoms with Gasteiger partial charge in [-0.25, -0.2) is 13.9 Å². The summed E-state index contributed by atoms with van der Waals surface area (Å²) in [6.07, 6.45) is 3.92. The lowest BCUT2D eigenvalue weighted by molar-refractivity contribution is 0.273. The molecule has 0 spiro atoms. The number of aromatic nitrogens is 3. The van der Waals surface area contributed by atoms with E-state index in [1.54, 1.807) is 29.1 Å². The first-order valence-corrected chi connectivity index (χ1v) is 8.57. The molecule has 1 atom stereocenters. The van der Waals surface area contributed by atoms with Gasteiger partial charge in [0.25, 0.3) is 0 Å². The Bertz CT molecular complexity index is 931. The Labute approximate surface area is 146 Å². The van der Waals surface area contributed by atoms with Crippen molar-refractivity contribution in [2.24, 2.45) is 0 Å². The van der Waals surface area contributed by atoms with Gasteiger partial charge in [0.2, 0.25) is 10.1 Å². The number of rotatable bonds is 6. The molecule has 1 aromatic carbocycles. The number of hydrogen-bond acceptors (Lipinski definition) is 6. The molecule has 3 heterocycles. The van der Waals surface area contributed by atoms with Crippen molar-refractivity contribution in [3.05, 3.63) is 60.4 Å². The highest BCUT2D eigenvalue weighted by atomic mass is 32.1. The Balaban J connectivity index is 1.57. The number of aliphatic hydroxyl groups excluding tert-OH is 1. The fraction of sp³-hybridized carbons (Fsp3) is 0.176. The third kappa shape index (κ3) is 3.26. The molecule has 0 fully saturated rings. The van der Waals surface area contributed by atoms with Crippen LogP contribution in [0.2, 0.25) is 0 Å². The molecule has 0 aliphatic heterocycles. The molecular formula is C17H15FN4O2S. The molecule has 0 radical (unpaired) electrons. The van der Waals surface area contributed by atoms with Gasteiger partial charge in [-0.1, -0.05) is 11.3 Å². The Morgan fingerprint density at radius 2 is 2.12 bits per heavy atom. The normalized spacial score (nSPS) is 12.6. The summed E-state index contributed by atoms with van der Waals surface area (Å²) in [6, 6.07) is 9.71. The maximum atomic E-state index is 13.0. The van der Waals surface area contributed by atoms with Gasteiger partial charge >= 0.3 is 0 Å². The lowest BCUT2D eigenvalue weighted by atomic mass is 10.1. The maximum Gasteiger partial charge on any atom is 0.214 e. The summed E-state index contributed by atoms with van der Waals surface area (Å²) in [5, 5.41) is 17.7. The van der Waals surface area contributed by atoms with Gasteiger partial charge in [-0.3, -0.25) is 0 Å². The maximum absolute atomic E-state index is 13.0. The minimum absolute atomic E-state index is 0.0373. The summed E-state index contributed by atoms with van der Waals surface area (Å²) in [5.41, 5.74) is 1.57. The summed E-state index contributed by atoms with van der Waals surface area (Å²) < 4.78 is 20.1. The fourth-order valence-electron chi connectivity index (χ4n) is 2.57. The van der Waals surface area contributed by atoms with Crippen LogP contribution in [0, 0.1) is 5.82 Å². The van der Waals surface area contributed by atoms with E-state index in [0.29, 0.717) is 11.6 Å². The van der Waals surface area contributed by atoms with Gasteiger partial charge in [0.05, 0.1) is 24.2 Å². The molecule has 0 saturated carbocycles. The van der Waals surface area contributed by atoms with Crippen molar-refractivity contribution in [1.29, 1.82) is 0 Å². The van der Waals surface area contributed by atoms with Crippen molar-refractivity contribution >= 4 is 21.4 Å². The average molecular weight is 358 g/mol. The van der Waals surface area contributed by atoms with Crippen molar-refractivity contribution in [2.75, 3.05) is 11.9 Å². The van der Waals surface area contributed by atoms with Crippen LogP contribution < -0.4 is 5.32 Å². The first kappa shape index (κ1) is 15.8. The molecule has 0 amide bonds. The molecule has 1 unspecified atom stereocenters. The zero-order valence-electron chi connectivity index (χ0n) is 13.1. The highest BCUT2D eigenvalue weighted by molar-refractivity contribution is 7.20. The first-order chi connectivity index (χ1) is 12.2. The molecule has 25 heavy (non-hydrogen) atoms. The minimum atomic E-state index is -0.276. The molecule has 0 saturated heterocycles. The van der Waals surface area contributed by atoms with Gasteiger partial charge in [0.1, 0.15) is 11.6 Å². The third-order valence-electron chi connectivity index (χ3n) is 3.79. The summed E-state index contributed by atoms with van der Waals surface area (Å²) in [4.78, 5) is 5.26. The van der Waals surface area contributed by atoms with Crippen molar-refractivity contribution in [2.45, 2.75) is 12.5 Å². The molecule has 0 aliphatic carbocycles. The van der Waals surface area contributed by atoms with E-state index in [4.69, 9.17) is 4.42 Å². The van der Waals surface area contributed by atoms with Gasteiger partial charge in [0, 0.05) is 12.2 Å². The average Bonchev–Trinajstić information content (AvgIpc) is 3.31. The number of hydrogen-bond donors (Lipinski definition) is 2. The minimum Gasteiger partial charge on any atom is -0.467 e. The molecule has 0 bridgehead atoms. The van der Waals surface area contributed by atoms with Crippen LogP contribution in [0.15, 0.2) is 53.3 Å². The zero-order valence-corrected chi connectivity index (χ0v) is 13.9. The monoisotopic (exact) mass is 358 g/mol. The van der Waals surface area contributed by atoms with Crippen LogP contribution in [0.4, 0.5) is 9.52 Å². The zero-order chi connectivity index (χ0) is 17.2. The largest absolute Gasteiger partial charge is 0.467 e. The van der Waals surface area contributed by atoms with Crippen LogP contribution in [0.3, 0.4) is 0 Å². The summed E-state index contributed by atoms with van der Waals surface area (Å²) in [5.74, 6) is 0.469. The van der Waals surface area contributed by atoms with Crippen LogP contribution in [0.5, 0.6) is 0 Å². The van der Waals surface area contributed by atoms with E-state index in [-0.39, 0.29) is 18.5 Å². The number of fused-ring (bicyclic) bond motifs is 1. The van der Waals surface area contributed by atoms with E-state index in [1.807, 2.05) is 12.1 Å². The lowest BCUT2D eigenvalue weighted by Gasteiger charge is -2.13. The number of nitrogens with one attached hydrogen (secondary N) is 1. The van der Waals surface area contributed by atoms with Crippen molar-refractivity contribution in [3.8, 4) is 11.3 Å². The van der Waals surface area contributed by atoms with Crippen LogP contribution in [0.25, 0.3) is 16.2 Å². The molecule has 2 N–H and O–H groups in total. The Kier molecular flexibility index (Phi) is 4.21. The Hall–Kier alpha value is -2.71. The predicted molar refractivity (Wildman–Crippen MR) is 93.0 cm³/mol. The van der Waals surface area contributed by atoms with Gasteiger partial charge < -0.3 is 14.8 Å². The number of benzene rings is 1. The quantitative estimate of drug-likeness (QED) is 0.549. The highest BCUT2D eigenvalue weighted by Gasteiger charge is 2.17. The van der Waals surface area contributed by atoms with Crippen LogP contribution in [0.1, 0.15) is 18.2 Å². The number of aliphatic hydroxyl groups is 1. The van der Waals surface area contributed by atoms with Crippen LogP contribution in [-0.2, 0) is 0 Å². The molecule has 4 rings (SSSR count). The second-order valence-corrected chi connectivity index (χ2v) is 6.45.